The zero-order valence-electron chi connectivity index (χ0n) is 9.18. The van der Waals surface area contributed by atoms with Crippen LogP contribution in [-0.4, -0.2) is 38.0 Å². The molecule has 0 unspecified atom stereocenters. The molecule has 0 bridgehead atoms. The number of likely N-dealkylation sites (N-methyl/N-ethyl adjacent to an activating group) is 1. The second-order valence-electron chi connectivity index (χ2n) is 5.03. The smallest absolute Gasteiger partial charge is 0.236 e. The van der Waals surface area contributed by atoms with Gasteiger partial charge >= 0.3 is 0 Å². The van der Waals surface area contributed by atoms with Gasteiger partial charge in [-0.15, -0.1) is 0 Å². The lowest BCUT2D eigenvalue weighted by atomic mass is 10.0. The highest BCUT2D eigenvalue weighted by Gasteiger charge is 2.53. The van der Waals surface area contributed by atoms with Gasteiger partial charge in [0.25, 0.3) is 0 Å². The monoisotopic (exact) mass is 196 g/mol. The van der Waals surface area contributed by atoms with Crippen LogP contribution in [0.15, 0.2) is 0 Å². The number of carbonyl (C=O) groups excluding carboxylic acids is 1. The highest BCUT2D eigenvalue weighted by molar-refractivity contribution is 5.77. The van der Waals surface area contributed by atoms with Crippen LogP contribution >= 0.6 is 0 Å². The molecule has 1 N–H and O–H groups in total. The van der Waals surface area contributed by atoms with Gasteiger partial charge in [-0.25, -0.2) is 0 Å². The standard InChI is InChI=1S/C11H20N2O/c1-13(2)10(14)7-12-8-11(5-6-11)9-3-4-9/h9,12H,3-8H2,1-2H3. The molecule has 3 heteroatoms. The summed E-state index contributed by atoms with van der Waals surface area (Å²) < 4.78 is 0. The number of nitrogens with one attached hydrogen (secondary N) is 1. The molecule has 3 nitrogen and oxygen atoms in total. The molecule has 0 aromatic rings. The number of hydrogen-bond acceptors (Lipinski definition) is 2. The molecule has 2 saturated carbocycles. The molecule has 2 rings (SSSR count). The molecular formula is C11H20N2O. The summed E-state index contributed by atoms with van der Waals surface area (Å²) in [6.07, 6.45) is 5.59. The van der Waals surface area contributed by atoms with Crippen molar-refractivity contribution in [3.8, 4) is 0 Å². The maximum absolute atomic E-state index is 11.3. The van der Waals surface area contributed by atoms with E-state index in [4.69, 9.17) is 0 Å². The van der Waals surface area contributed by atoms with E-state index in [1.807, 2.05) is 0 Å². The van der Waals surface area contributed by atoms with Gasteiger partial charge in [0.2, 0.25) is 5.91 Å². The summed E-state index contributed by atoms with van der Waals surface area (Å²) in [6, 6.07) is 0. The van der Waals surface area contributed by atoms with Crippen LogP contribution < -0.4 is 5.32 Å². The predicted molar refractivity (Wildman–Crippen MR) is 56.0 cm³/mol. The highest BCUT2D eigenvalue weighted by atomic mass is 16.2. The summed E-state index contributed by atoms with van der Waals surface area (Å²) in [4.78, 5) is 12.9. The second kappa shape index (κ2) is 3.54. The van der Waals surface area contributed by atoms with Crippen LogP contribution in [0.3, 0.4) is 0 Å². The molecular weight excluding hydrogens is 176 g/mol. The third-order valence-corrected chi connectivity index (χ3v) is 3.59. The van der Waals surface area contributed by atoms with Crippen LogP contribution in [0, 0.1) is 11.3 Å². The van der Waals surface area contributed by atoms with Gasteiger partial charge in [-0.3, -0.25) is 4.79 Å². The van der Waals surface area contributed by atoms with Crippen molar-refractivity contribution in [2.24, 2.45) is 11.3 Å². The molecule has 1 amide bonds. The normalized spacial score (nSPS) is 23.3. The Morgan fingerprint density at radius 1 is 1.43 bits per heavy atom. The second-order valence-corrected chi connectivity index (χ2v) is 5.03. The Balaban J connectivity index is 1.65. The average molecular weight is 196 g/mol. The lowest BCUT2D eigenvalue weighted by Gasteiger charge is -2.16. The minimum Gasteiger partial charge on any atom is -0.348 e. The molecule has 0 aromatic heterocycles. The van der Waals surface area contributed by atoms with Crippen molar-refractivity contribution in [3.63, 3.8) is 0 Å². The maximum Gasteiger partial charge on any atom is 0.236 e. The molecule has 0 aromatic carbocycles. The first kappa shape index (κ1) is 9.97. The predicted octanol–water partition coefficient (Wildman–Crippen LogP) is 0.854. The summed E-state index contributed by atoms with van der Waals surface area (Å²) in [5.74, 6) is 1.15. The van der Waals surface area contributed by atoms with E-state index in [-0.39, 0.29) is 5.91 Å². The fourth-order valence-electron chi connectivity index (χ4n) is 2.16. The average Bonchev–Trinajstić information content (AvgIpc) is 2.98. The van der Waals surface area contributed by atoms with E-state index in [0.717, 1.165) is 12.5 Å². The SMILES string of the molecule is CN(C)C(=O)CNCC1(C2CC2)CC1. The van der Waals surface area contributed by atoms with Gasteiger partial charge < -0.3 is 10.2 Å². The number of carbonyl (C=O) groups is 1. The molecule has 0 spiro atoms. The number of hydrogen-bond donors (Lipinski definition) is 1. The molecule has 0 aliphatic heterocycles. The van der Waals surface area contributed by atoms with Gasteiger partial charge in [-0.1, -0.05) is 0 Å². The Morgan fingerprint density at radius 2 is 2.07 bits per heavy atom. The van der Waals surface area contributed by atoms with Crippen molar-refractivity contribution < 1.29 is 4.79 Å². The molecule has 14 heavy (non-hydrogen) atoms. The van der Waals surface area contributed by atoms with Gasteiger partial charge in [-0.05, 0) is 37.0 Å². The van der Waals surface area contributed by atoms with Crippen LogP contribution in [0.5, 0.6) is 0 Å². The van der Waals surface area contributed by atoms with Gasteiger partial charge in [-0.2, -0.15) is 0 Å². The summed E-state index contributed by atoms with van der Waals surface area (Å²) >= 11 is 0. The first-order chi connectivity index (χ1) is 6.64. The third-order valence-electron chi connectivity index (χ3n) is 3.59. The minimum absolute atomic E-state index is 0.177. The van der Waals surface area contributed by atoms with Gasteiger partial charge in [0, 0.05) is 20.6 Å². The zero-order chi connectivity index (χ0) is 10.2. The zero-order valence-corrected chi connectivity index (χ0v) is 9.18. The van der Waals surface area contributed by atoms with Gasteiger partial charge in [0.1, 0.15) is 0 Å². The minimum atomic E-state index is 0.177. The molecule has 0 radical (unpaired) electrons. The molecule has 2 aliphatic carbocycles. The van der Waals surface area contributed by atoms with E-state index in [0.29, 0.717) is 12.0 Å². The summed E-state index contributed by atoms with van der Waals surface area (Å²) in [6.45, 7) is 1.55. The molecule has 0 atom stereocenters. The van der Waals surface area contributed by atoms with Crippen molar-refractivity contribution in [2.45, 2.75) is 25.7 Å². The van der Waals surface area contributed by atoms with Crippen molar-refractivity contribution in [2.75, 3.05) is 27.2 Å². The number of rotatable bonds is 5. The largest absolute Gasteiger partial charge is 0.348 e. The van der Waals surface area contributed by atoms with Crippen LogP contribution in [0.1, 0.15) is 25.7 Å². The van der Waals surface area contributed by atoms with E-state index in [2.05, 4.69) is 5.32 Å². The lowest BCUT2D eigenvalue weighted by molar-refractivity contribution is -0.127. The Labute approximate surface area is 85.8 Å². The molecule has 2 aliphatic rings. The van der Waals surface area contributed by atoms with Crippen LogP contribution in [-0.2, 0) is 4.79 Å². The van der Waals surface area contributed by atoms with Gasteiger partial charge in [0.05, 0.1) is 6.54 Å². The number of nitrogens with zero attached hydrogens (tertiary/aromatic N) is 1. The molecule has 80 valence electrons. The quantitative estimate of drug-likeness (QED) is 0.707. The Kier molecular flexibility index (Phi) is 2.52. The van der Waals surface area contributed by atoms with Crippen LogP contribution in [0.25, 0.3) is 0 Å². The van der Waals surface area contributed by atoms with Crippen molar-refractivity contribution in [1.82, 2.24) is 10.2 Å². The summed E-state index contributed by atoms with van der Waals surface area (Å²) in [7, 11) is 3.61. The highest BCUT2D eigenvalue weighted by Crippen LogP contribution is 2.60. The Bertz CT molecular complexity index is 229. The van der Waals surface area contributed by atoms with Crippen molar-refractivity contribution in [3.05, 3.63) is 0 Å². The first-order valence-corrected chi connectivity index (χ1v) is 5.55. The van der Waals surface area contributed by atoms with E-state index < -0.39 is 0 Å². The van der Waals surface area contributed by atoms with E-state index in [1.165, 1.54) is 25.7 Å². The Hall–Kier alpha value is -0.570. The first-order valence-electron chi connectivity index (χ1n) is 5.55. The molecule has 2 fully saturated rings. The molecule has 0 saturated heterocycles. The topological polar surface area (TPSA) is 32.3 Å². The van der Waals surface area contributed by atoms with E-state index in [1.54, 1.807) is 19.0 Å². The van der Waals surface area contributed by atoms with Crippen LogP contribution in [0.4, 0.5) is 0 Å². The van der Waals surface area contributed by atoms with Crippen molar-refractivity contribution >= 4 is 5.91 Å². The van der Waals surface area contributed by atoms with Crippen molar-refractivity contribution in [1.29, 1.82) is 0 Å². The fraction of sp³-hybridized carbons (Fsp3) is 0.909. The number of amides is 1. The fourth-order valence-corrected chi connectivity index (χ4v) is 2.16. The Morgan fingerprint density at radius 3 is 2.50 bits per heavy atom. The van der Waals surface area contributed by atoms with E-state index in [9.17, 15) is 4.79 Å². The van der Waals surface area contributed by atoms with Crippen LogP contribution in [0.2, 0.25) is 0 Å². The van der Waals surface area contributed by atoms with E-state index >= 15 is 0 Å². The summed E-state index contributed by atoms with van der Waals surface area (Å²) in [5.41, 5.74) is 0.604. The molecule has 0 heterocycles. The lowest BCUT2D eigenvalue weighted by Crippen LogP contribution is -2.36. The third kappa shape index (κ3) is 2.08. The van der Waals surface area contributed by atoms with Gasteiger partial charge in [0.15, 0.2) is 0 Å². The maximum atomic E-state index is 11.3. The summed E-state index contributed by atoms with van der Waals surface area (Å²) in [5, 5.41) is 3.30.